The fourth-order valence-electron chi connectivity index (χ4n) is 2.31. The quantitative estimate of drug-likeness (QED) is 0.696. The smallest absolute Gasteiger partial charge is 0.327 e. The normalized spacial score (nSPS) is 22.3. The molecule has 2 aliphatic heterocycles. The Morgan fingerprint density at radius 1 is 1.38 bits per heavy atom. The highest BCUT2D eigenvalue weighted by molar-refractivity contribution is 7.99. The molecule has 0 aliphatic carbocycles. The Balaban J connectivity index is 1.81. The number of thioether (sulfide) groups is 1. The van der Waals surface area contributed by atoms with Crippen LogP contribution in [0.2, 0.25) is 0 Å². The fraction of sp³-hybridized carbons (Fsp3) is 0.667. The number of aliphatic carboxylic acids is 1. The predicted octanol–water partition coefficient (Wildman–Crippen LogP) is -0.353. The van der Waals surface area contributed by atoms with Gasteiger partial charge in [-0.05, 0) is 6.42 Å². The molecule has 0 bridgehead atoms. The second-order valence-electron chi connectivity index (χ2n) is 5.01. The number of nitrogens with zero attached hydrogens (tertiary/aromatic N) is 3. The second-order valence-corrected chi connectivity index (χ2v) is 6.00. The Kier molecular flexibility index (Phi) is 4.71. The molecule has 2 heterocycles. The van der Waals surface area contributed by atoms with Crippen molar-refractivity contribution >= 4 is 35.6 Å². The molecule has 4 amide bonds. The number of carboxylic acids is 1. The molecule has 1 N–H and O–H groups in total. The zero-order valence-electron chi connectivity index (χ0n) is 11.7. The van der Waals surface area contributed by atoms with Crippen molar-refractivity contribution in [3.63, 3.8) is 0 Å². The second kappa shape index (κ2) is 6.33. The van der Waals surface area contributed by atoms with E-state index in [-0.39, 0.29) is 37.4 Å². The third-order valence-electron chi connectivity index (χ3n) is 3.49. The predicted molar refractivity (Wildman–Crippen MR) is 74.6 cm³/mol. The molecule has 0 aromatic heterocycles. The lowest BCUT2D eigenvalue weighted by molar-refractivity contribution is -0.147. The van der Waals surface area contributed by atoms with Gasteiger partial charge in [0.25, 0.3) is 0 Å². The van der Waals surface area contributed by atoms with Crippen molar-refractivity contribution in [1.29, 1.82) is 0 Å². The molecule has 0 aromatic carbocycles. The van der Waals surface area contributed by atoms with Gasteiger partial charge in [0, 0.05) is 25.8 Å². The highest BCUT2D eigenvalue weighted by Gasteiger charge is 2.35. The van der Waals surface area contributed by atoms with E-state index in [4.69, 9.17) is 5.11 Å². The number of carboxylic acid groups (broad SMARTS) is 1. The Bertz CT molecular complexity index is 484. The van der Waals surface area contributed by atoms with Gasteiger partial charge in [-0.25, -0.2) is 9.59 Å². The lowest BCUT2D eigenvalue weighted by Crippen LogP contribution is -2.42. The molecular weight excluding hydrogens is 298 g/mol. The minimum atomic E-state index is -1.00. The van der Waals surface area contributed by atoms with E-state index < -0.39 is 12.0 Å². The van der Waals surface area contributed by atoms with Gasteiger partial charge in [-0.1, -0.05) is 0 Å². The first-order valence-corrected chi connectivity index (χ1v) is 7.72. The van der Waals surface area contributed by atoms with E-state index in [1.54, 1.807) is 7.05 Å². The van der Waals surface area contributed by atoms with Crippen molar-refractivity contribution in [2.24, 2.45) is 0 Å². The molecule has 9 heteroatoms. The van der Waals surface area contributed by atoms with Crippen LogP contribution in [0.1, 0.15) is 12.8 Å². The third kappa shape index (κ3) is 3.29. The number of imide groups is 1. The van der Waals surface area contributed by atoms with E-state index in [0.717, 1.165) is 4.90 Å². The summed E-state index contributed by atoms with van der Waals surface area (Å²) in [5.41, 5.74) is 0. The lowest BCUT2D eigenvalue weighted by Gasteiger charge is -2.21. The summed E-state index contributed by atoms with van der Waals surface area (Å²) >= 11 is 1.41. The summed E-state index contributed by atoms with van der Waals surface area (Å²) in [5, 5.41) is 9.02. The van der Waals surface area contributed by atoms with Crippen LogP contribution >= 0.6 is 11.8 Å². The Morgan fingerprint density at radius 3 is 2.67 bits per heavy atom. The first kappa shape index (κ1) is 15.6. The minimum absolute atomic E-state index is 0.0661. The van der Waals surface area contributed by atoms with Crippen LogP contribution in [0.3, 0.4) is 0 Å². The molecule has 2 rings (SSSR count). The van der Waals surface area contributed by atoms with Crippen LogP contribution in [0.15, 0.2) is 0 Å². The molecule has 0 saturated carbocycles. The topological polar surface area (TPSA) is 98.2 Å². The summed E-state index contributed by atoms with van der Waals surface area (Å²) in [6, 6.07) is -1.13. The number of hydrogen-bond donors (Lipinski definition) is 1. The standard InChI is InChI=1S/C12H17N3O5S/c1-13-5-10(17)14(12(13)20)4-2-3-9(16)15-7-21-6-8(15)11(18)19/h8H,2-7H2,1H3,(H,18,19)/t8-/m0/s1. The first-order chi connectivity index (χ1) is 9.91. The molecule has 2 aliphatic rings. The molecule has 0 unspecified atom stereocenters. The van der Waals surface area contributed by atoms with Gasteiger partial charge in [0.15, 0.2) is 0 Å². The van der Waals surface area contributed by atoms with Crippen molar-refractivity contribution < 1.29 is 24.3 Å². The number of amides is 4. The summed E-state index contributed by atoms with van der Waals surface area (Å²) in [6.07, 6.45) is 0.475. The Labute approximate surface area is 126 Å². The van der Waals surface area contributed by atoms with Crippen molar-refractivity contribution in [2.45, 2.75) is 18.9 Å². The summed E-state index contributed by atoms with van der Waals surface area (Å²) in [4.78, 5) is 50.0. The molecule has 2 saturated heterocycles. The molecule has 0 aromatic rings. The largest absolute Gasteiger partial charge is 0.480 e. The van der Waals surface area contributed by atoms with Crippen LogP contribution in [-0.2, 0) is 14.4 Å². The Morgan fingerprint density at radius 2 is 2.10 bits per heavy atom. The lowest BCUT2D eigenvalue weighted by atomic mass is 10.2. The molecule has 8 nitrogen and oxygen atoms in total. The summed E-state index contributed by atoms with van der Waals surface area (Å²) in [7, 11) is 1.55. The number of likely N-dealkylation sites (N-methyl/N-ethyl adjacent to an activating group) is 1. The van der Waals surface area contributed by atoms with E-state index in [0.29, 0.717) is 18.1 Å². The highest BCUT2D eigenvalue weighted by atomic mass is 32.2. The van der Waals surface area contributed by atoms with Gasteiger partial charge < -0.3 is 14.9 Å². The molecule has 116 valence electrons. The van der Waals surface area contributed by atoms with Crippen molar-refractivity contribution in [3.05, 3.63) is 0 Å². The molecule has 2 fully saturated rings. The van der Waals surface area contributed by atoms with Gasteiger partial charge in [-0.3, -0.25) is 14.5 Å². The zero-order valence-corrected chi connectivity index (χ0v) is 12.5. The van der Waals surface area contributed by atoms with E-state index in [2.05, 4.69) is 0 Å². The molecule has 21 heavy (non-hydrogen) atoms. The van der Waals surface area contributed by atoms with Gasteiger partial charge in [0.2, 0.25) is 11.8 Å². The fourth-order valence-corrected chi connectivity index (χ4v) is 3.49. The van der Waals surface area contributed by atoms with Gasteiger partial charge in [-0.2, -0.15) is 0 Å². The minimum Gasteiger partial charge on any atom is -0.480 e. The number of rotatable bonds is 5. The maximum Gasteiger partial charge on any atom is 0.327 e. The van der Waals surface area contributed by atoms with Crippen LogP contribution in [0.5, 0.6) is 0 Å². The van der Waals surface area contributed by atoms with Gasteiger partial charge in [0.05, 0.1) is 5.88 Å². The Hall–Kier alpha value is -1.77. The van der Waals surface area contributed by atoms with E-state index in [9.17, 15) is 19.2 Å². The average Bonchev–Trinajstić information content (AvgIpc) is 2.99. The van der Waals surface area contributed by atoms with Crippen molar-refractivity contribution in [1.82, 2.24) is 14.7 Å². The van der Waals surface area contributed by atoms with Crippen LogP contribution in [0, 0.1) is 0 Å². The highest BCUT2D eigenvalue weighted by Crippen LogP contribution is 2.22. The van der Waals surface area contributed by atoms with Gasteiger partial charge >= 0.3 is 12.0 Å². The summed E-state index contributed by atoms with van der Waals surface area (Å²) < 4.78 is 0. The SMILES string of the molecule is CN1CC(=O)N(CCCC(=O)N2CSC[C@H]2C(=O)O)C1=O. The number of urea groups is 1. The number of carbonyl (C=O) groups is 4. The van der Waals surface area contributed by atoms with E-state index in [1.807, 2.05) is 0 Å². The summed E-state index contributed by atoms with van der Waals surface area (Å²) in [6.45, 7) is 0.253. The third-order valence-corrected chi connectivity index (χ3v) is 4.50. The monoisotopic (exact) mass is 315 g/mol. The van der Waals surface area contributed by atoms with Gasteiger partial charge in [0.1, 0.15) is 12.6 Å². The molecular formula is C12H17N3O5S. The average molecular weight is 315 g/mol. The zero-order chi connectivity index (χ0) is 15.6. The van der Waals surface area contributed by atoms with Crippen LogP contribution in [0.4, 0.5) is 4.79 Å². The first-order valence-electron chi connectivity index (χ1n) is 6.57. The summed E-state index contributed by atoms with van der Waals surface area (Å²) in [5.74, 6) is -0.746. The van der Waals surface area contributed by atoms with Crippen LogP contribution in [-0.4, -0.2) is 81.4 Å². The molecule has 0 spiro atoms. The van der Waals surface area contributed by atoms with Crippen LogP contribution in [0.25, 0.3) is 0 Å². The molecule has 0 radical (unpaired) electrons. The molecule has 1 atom stereocenters. The van der Waals surface area contributed by atoms with Gasteiger partial charge in [-0.15, -0.1) is 11.8 Å². The van der Waals surface area contributed by atoms with Crippen LogP contribution < -0.4 is 0 Å². The maximum atomic E-state index is 12.0. The maximum absolute atomic E-state index is 12.0. The van der Waals surface area contributed by atoms with E-state index in [1.165, 1.54) is 21.6 Å². The number of hydrogen-bond acceptors (Lipinski definition) is 5. The van der Waals surface area contributed by atoms with Crippen molar-refractivity contribution in [2.75, 3.05) is 31.8 Å². The number of carbonyl (C=O) groups excluding carboxylic acids is 3. The van der Waals surface area contributed by atoms with Crippen molar-refractivity contribution in [3.8, 4) is 0 Å². The van der Waals surface area contributed by atoms with E-state index >= 15 is 0 Å².